The quantitative estimate of drug-likeness (QED) is 0.745. The number of carbonyl (C=O) groups excluding carboxylic acids is 1. The summed E-state index contributed by atoms with van der Waals surface area (Å²) in [5, 5.41) is 0. The van der Waals surface area contributed by atoms with Crippen molar-refractivity contribution in [2.45, 2.75) is 31.4 Å². The summed E-state index contributed by atoms with van der Waals surface area (Å²) in [5.74, 6) is -0.0231. The van der Waals surface area contributed by atoms with Gasteiger partial charge in [-0.15, -0.1) is 0 Å². The van der Waals surface area contributed by atoms with E-state index in [1.807, 2.05) is 30.3 Å². The van der Waals surface area contributed by atoms with Crippen LogP contribution in [0.1, 0.15) is 24.8 Å². The van der Waals surface area contributed by atoms with E-state index in [4.69, 9.17) is 4.74 Å². The van der Waals surface area contributed by atoms with E-state index in [1.165, 1.54) is 0 Å². The smallest absolute Gasteiger partial charge is 0.326 e. The Balaban J connectivity index is 1.61. The minimum Gasteiger partial charge on any atom is -0.459 e. The molecule has 3 nitrogen and oxygen atoms in total. The number of fused-ring (bicyclic) bond motifs is 1. The molecule has 0 unspecified atom stereocenters. The maximum atomic E-state index is 12.1. The van der Waals surface area contributed by atoms with E-state index in [-0.39, 0.29) is 11.5 Å². The van der Waals surface area contributed by atoms with Gasteiger partial charge in [0.15, 0.2) is 0 Å². The van der Waals surface area contributed by atoms with Crippen molar-refractivity contribution in [2.75, 3.05) is 13.1 Å². The highest BCUT2D eigenvalue weighted by atomic mass is 16.5. The third kappa shape index (κ3) is 1.75. The van der Waals surface area contributed by atoms with Gasteiger partial charge in [-0.3, -0.25) is 9.69 Å². The zero-order valence-electron chi connectivity index (χ0n) is 9.89. The predicted molar refractivity (Wildman–Crippen MR) is 64.4 cm³/mol. The summed E-state index contributed by atoms with van der Waals surface area (Å²) < 4.78 is 5.46. The van der Waals surface area contributed by atoms with Crippen molar-refractivity contribution in [1.82, 2.24) is 4.90 Å². The van der Waals surface area contributed by atoms with Crippen molar-refractivity contribution in [3.63, 3.8) is 0 Å². The molecule has 0 aromatic heterocycles. The molecule has 1 aromatic rings. The van der Waals surface area contributed by atoms with Crippen molar-refractivity contribution < 1.29 is 9.53 Å². The second kappa shape index (κ2) is 4.15. The monoisotopic (exact) mass is 231 g/mol. The Morgan fingerprint density at radius 1 is 1.24 bits per heavy atom. The molecule has 0 bridgehead atoms. The second-order valence-corrected chi connectivity index (χ2v) is 4.93. The molecule has 0 amide bonds. The van der Waals surface area contributed by atoms with Crippen molar-refractivity contribution >= 4 is 5.97 Å². The van der Waals surface area contributed by atoms with Gasteiger partial charge in [0.1, 0.15) is 12.1 Å². The van der Waals surface area contributed by atoms with Crippen LogP contribution in [0.2, 0.25) is 0 Å². The highest BCUT2D eigenvalue weighted by Gasteiger charge is 2.54. The number of rotatable bonds is 3. The van der Waals surface area contributed by atoms with Crippen molar-refractivity contribution in [3.8, 4) is 0 Å². The molecule has 0 spiro atoms. The molecule has 2 aliphatic heterocycles. The lowest BCUT2D eigenvalue weighted by Gasteiger charge is -2.45. The summed E-state index contributed by atoms with van der Waals surface area (Å²) in [4.78, 5) is 14.4. The fourth-order valence-corrected chi connectivity index (χ4v) is 2.90. The van der Waals surface area contributed by atoms with E-state index in [2.05, 4.69) is 4.90 Å². The molecule has 1 atom stereocenters. The molecule has 0 radical (unpaired) electrons. The molecule has 0 aliphatic carbocycles. The van der Waals surface area contributed by atoms with Crippen LogP contribution >= 0.6 is 0 Å². The van der Waals surface area contributed by atoms with E-state index < -0.39 is 0 Å². The van der Waals surface area contributed by atoms with Crippen LogP contribution in [0.5, 0.6) is 0 Å². The highest BCUT2D eigenvalue weighted by Crippen LogP contribution is 2.41. The van der Waals surface area contributed by atoms with E-state index in [9.17, 15) is 4.79 Å². The number of benzene rings is 1. The van der Waals surface area contributed by atoms with E-state index in [0.29, 0.717) is 6.61 Å². The zero-order chi connectivity index (χ0) is 11.7. The molecule has 3 heteroatoms. The van der Waals surface area contributed by atoms with Gasteiger partial charge < -0.3 is 4.74 Å². The minimum atomic E-state index is -0.255. The molecule has 0 N–H and O–H groups in total. The predicted octanol–water partition coefficient (Wildman–Crippen LogP) is 1.97. The number of hydrogen-bond donors (Lipinski definition) is 0. The van der Waals surface area contributed by atoms with E-state index in [1.54, 1.807) is 0 Å². The van der Waals surface area contributed by atoms with Crippen LogP contribution in [-0.4, -0.2) is 29.5 Å². The Bertz CT molecular complexity index is 417. The van der Waals surface area contributed by atoms with Crippen LogP contribution in [0.25, 0.3) is 0 Å². The second-order valence-electron chi connectivity index (χ2n) is 4.93. The van der Waals surface area contributed by atoms with Gasteiger partial charge in [0.2, 0.25) is 0 Å². The number of carbonyl (C=O) groups is 1. The molecule has 3 rings (SSSR count). The molecule has 1 aromatic carbocycles. The van der Waals surface area contributed by atoms with Crippen LogP contribution in [0, 0.1) is 0 Å². The van der Waals surface area contributed by atoms with Crippen LogP contribution in [0.3, 0.4) is 0 Å². The Morgan fingerprint density at radius 2 is 2.06 bits per heavy atom. The molecule has 17 heavy (non-hydrogen) atoms. The van der Waals surface area contributed by atoms with Gasteiger partial charge in [-0.05, 0) is 31.4 Å². The standard InChI is InChI=1S/C14H17NO2/c16-13(14-7-4-9-15(14)10-8-14)17-11-12-5-2-1-3-6-12/h1-3,5-6H,4,7-11H2/t14-/m0/s1. The Hall–Kier alpha value is -1.35. The third-order valence-corrected chi connectivity index (χ3v) is 4.01. The first-order valence-corrected chi connectivity index (χ1v) is 6.27. The normalized spacial score (nSPS) is 27.3. The molecule has 0 saturated carbocycles. The van der Waals surface area contributed by atoms with Gasteiger partial charge in [0.25, 0.3) is 0 Å². The van der Waals surface area contributed by atoms with Crippen LogP contribution in [0.15, 0.2) is 30.3 Å². The van der Waals surface area contributed by atoms with Crippen molar-refractivity contribution in [1.29, 1.82) is 0 Å². The van der Waals surface area contributed by atoms with Gasteiger partial charge in [-0.1, -0.05) is 30.3 Å². The van der Waals surface area contributed by atoms with Gasteiger partial charge in [-0.2, -0.15) is 0 Å². The Morgan fingerprint density at radius 3 is 2.71 bits per heavy atom. The molecule has 2 fully saturated rings. The van der Waals surface area contributed by atoms with Gasteiger partial charge in [0.05, 0.1) is 0 Å². The lowest BCUT2D eigenvalue weighted by atomic mass is 9.85. The fourth-order valence-electron chi connectivity index (χ4n) is 2.90. The number of nitrogens with zero attached hydrogens (tertiary/aromatic N) is 1. The summed E-state index contributed by atoms with van der Waals surface area (Å²) >= 11 is 0. The van der Waals surface area contributed by atoms with Gasteiger partial charge in [0, 0.05) is 6.54 Å². The Kier molecular flexibility index (Phi) is 2.63. The van der Waals surface area contributed by atoms with Crippen molar-refractivity contribution in [3.05, 3.63) is 35.9 Å². The highest BCUT2D eigenvalue weighted by molar-refractivity contribution is 5.82. The van der Waals surface area contributed by atoms with Crippen LogP contribution < -0.4 is 0 Å². The van der Waals surface area contributed by atoms with Gasteiger partial charge >= 0.3 is 5.97 Å². The van der Waals surface area contributed by atoms with E-state index >= 15 is 0 Å². The number of hydrogen-bond acceptors (Lipinski definition) is 3. The van der Waals surface area contributed by atoms with Gasteiger partial charge in [-0.25, -0.2) is 0 Å². The van der Waals surface area contributed by atoms with Crippen LogP contribution in [0.4, 0.5) is 0 Å². The topological polar surface area (TPSA) is 29.5 Å². The maximum absolute atomic E-state index is 12.1. The average Bonchev–Trinajstić information content (AvgIpc) is 2.64. The zero-order valence-corrected chi connectivity index (χ0v) is 9.89. The maximum Gasteiger partial charge on any atom is 0.326 e. The third-order valence-electron chi connectivity index (χ3n) is 4.01. The fraction of sp³-hybridized carbons (Fsp3) is 0.500. The molecule has 2 heterocycles. The van der Waals surface area contributed by atoms with Crippen LogP contribution in [-0.2, 0) is 16.1 Å². The largest absolute Gasteiger partial charge is 0.459 e. The minimum absolute atomic E-state index is 0.0231. The first kappa shape index (κ1) is 10.8. The summed E-state index contributed by atoms with van der Waals surface area (Å²) in [5.41, 5.74) is 0.801. The number of esters is 1. The van der Waals surface area contributed by atoms with Crippen molar-refractivity contribution in [2.24, 2.45) is 0 Å². The first-order valence-electron chi connectivity index (χ1n) is 6.27. The molecular formula is C14H17NO2. The molecule has 2 aliphatic rings. The first-order chi connectivity index (χ1) is 8.31. The average molecular weight is 231 g/mol. The summed E-state index contributed by atoms with van der Waals surface area (Å²) in [6.45, 7) is 2.51. The molecule has 2 saturated heterocycles. The SMILES string of the molecule is O=C(OCc1ccccc1)[C@@]12CCCN1CC2. The summed E-state index contributed by atoms with van der Waals surface area (Å²) in [6, 6.07) is 9.87. The van der Waals surface area contributed by atoms with E-state index in [0.717, 1.165) is 37.9 Å². The lowest BCUT2D eigenvalue weighted by Crippen LogP contribution is -2.61. The number of ether oxygens (including phenoxy) is 1. The molecular weight excluding hydrogens is 214 g/mol. The summed E-state index contributed by atoms with van der Waals surface area (Å²) in [6.07, 6.45) is 3.07. The summed E-state index contributed by atoms with van der Waals surface area (Å²) in [7, 11) is 0. The Labute approximate surface area is 101 Å². The molecule has 90 valence electrons. The lowest BCUT2D eigenvalue weighted by molar-refractivity contribution is -0.165.